The summed E-state index contributed by atoms with van der Waals surface area (Å²) in [5.41, 5.74) is 1.07. The molecule has 1 unspecified atom stereocenters. The normalized spacial score (nSPS) is 12.1. The van der Waals surface area contributed by atoms with Crippen molar-refractivity contribution in [3.63, 3.8) is 0 Å². The smallest absolute Gasteiger partial charge is 0.217 e. The van der Waals surface area contributed by atoms with E-state index in [0.717, 1.165) is 34.6 Å². The number of likely N-dealkylation sites (N-methyl/N-ethyl adjacent to an activating group) is 1. The third-order valence-electron chi connectivity index (χ3n) is 3.19. The lowest BCUT2D eigenvalue weighted by Gasteiger charge is -2.12. The Morgan fingerprint density at radius 1 is 1.24 bits per heavy atom. The predicted octanol–water partition coefficient (Wildman–Crippen LogP) is 1.86. The van der Waals surface area contributed by atoms with E-state index < -0.39 is 0 Å². The fraction of sp³-hybridized carbons (Fsp3) is 0.312. The number of benzene rings is 1. The van der Waals surface area contributed by atoms with E-state index in [2.05, 4.69) is 28.3 Å². The summed E-state index contributed by atoms with van der Waals surface area (Å²) in [4.78, 5) is 12.1. The molecule has 2 rings (SSSR count). The number of halogens is 1. The number of amides is 1. The summed E-state index contributed by atoms with van der Waals surface area (Å²) in [6, 6.07) is 12.1. The number of hydrogen-bond acceptors (Lipinski definition) is 2. The zero-order valence-electron chi connectivity index (χ0n) is 12.3. The summed E-state index contributed by atoms with van der Waals surface area (Å²) in [7, 11) is 2.09. The maximum atomic E-state index is 10.8. The van der Waals surface area contributed by atoms with Crippen LogP contribution < -0.4 is 10.2 Å². The molecule has 0 saturated heterocycles. The van der Waals surface area contributed by atoms with Crippen LogP contribution in [0.4, 0.5) is 0 Å². The summed E-state index contributed by atoms with van der Waals surface area (Å²) in [6.07, 6.45) is 0. The molecule has 1 heterocycles. The Bertz CT molecular complexity index is 593. The fourth-order valence-electron chi connectivity index (χ4n) is 2.08. The molecular formula is C16H20BrN2O2+. The fourth-order valence-corrected chi connectivity index (χ4v) is 2.34. The van der Waals surface area contributed by atoms with Gasteiger partial charge in [-0.15, -0.1) is 0 Å². The molecule has 1 aromatic heterocycles. The highest BCUT2D eigenvalue weighted by Gasteiger charge is 2.09. The van der Waals surface area contributed by atoms with Gasteiger partial charge in [-0.2, -0.15) is 0 Å². The molecule has 0 bridgehead atoms. The molecule has 1 aromatic carbocycles. The number of carbonyl (C=O) groups is 1. The first-order valence-corrected chi connectivity index (χ1v) is 7.74. The summed E-state index contributed by atoms with van der Waals surface area (Å²) in [6.45, 7) is 3.89. The maximum absolute atomic E-state index is 10.8. The molecule has 2 aromatic rings. The van der Waals surface area contributed by atoms with Gasteiger partial charge in [0.05, 0.1) is 20.1 Å². The van der Waals surface area contributed by atoms with Gasteiger partial charge in [-0.3, -0.25) is 4.79 Å². The summed E-state index contributed by atoms with van der Waals surface area (Å²) in [5, 5.41) is 2.80. The summed E-state index contributed by atoms with van der Waals surface area (Å²) < 4.78 is 6.94. The lowest BCUT2D eigenvalue weighted by atomic mass is 10.2. The van der Waals surface area contributed by atoms with Crippen molar-refractivity contribution in [2.75, 3.05) is 20.1 Å². The number of furan rings is 1. The molecule has 5 heteroatoms. The highest BCUT2D eigenvalue weighted by Crippen LogP contribution is 2.23. The minimum Gasteiger partial charge on any atom is -0.455 e. The van der Waals surface area contributed by atoms with Gasteiger partial charge in [-0.05, 0) is 24.3 Å². The molecule has 0 fully saturated rings. The minimum atomic E-state index is 0.0123. The van der Waals surface area contributed by atoms with Crippen molar-refractivity contribution in [1.82, 2.24) is 5.32 Å². The molecule has 21 heavy (non-hydrogen) atoms. The van der Waals surface area contributed by atoms with Gasteiger partial charge >= 0.3 is 0 Å². The van der Waals surface area contributed by atoms with E-state index in [0.29, 0.717) is 6.54 Å². The highest BCUT2D eigenvalue weighted by atomic mass is 79.9. The van der Waals surface area contributed by atoms with Gasteiger partial charge in [-0.25, -0.2) is 0 Å². The zero-order valence-corrected chi connectivity index (χ0v) is 13.9. The first kappa shape index (κ1) is 15.8. The van der Waals surface area contributed by atoms with Crippen LogP contribution in [0.2, 0.25) is 0 Å². The van der Waals surface area contributed by atoms with Crippen molar-refractivity contribution < 1.29 is 14.1 Å². The third-order valence-corrected chi connectivity index (χ3v) is 3.72. The van der Waals surface area contributed by atoms with Gasteiger partial charge in [0.1, 0.15) is 12.3 Å². The molecule has 4 nitrogen and oxygen atoms in total. The van der Waals surface area contributed by atoms with Crippen LogP contribution in [0.25, 0.3) is 11.3 Å². The SMILES string of the molecule is CC(=O)NCC[NH+](C)Cc1ccc(-c2ccc(Br)cc2)o1. The Balaban J connectivity index is 1.90. The number of hydrogen-bond donors (Lipinski definition) is 2. The molecule has 1 atom stereocenters. The second-order valence-corrected chi connectivity index (χ2v) is 6.06. The van der Waals surface area contributed by atoms with E-state index in [4.69, 9.17) is 4.42 Å². The number of rotatable bonds is 6. The number of quaternary nitrogens is 1. The van der Waals surface area contributed by atoms with E-state index in [1.807, 2.05) is 36.4 Å². The quantitative estimate of drug-likeness (QED) is 0.834. The van der Waals surface area contributed by atoms with Crippen LogP contribution in [0.1, 0.15) is 12.7 Å². The van der Waals surface area contributed by atoms with Crippen LogP contribution in [0.3, 0.4) is 0 Å². The lowest BCUT2D eigenvalue weighted by molar-refractivity contribution is -0.893. The maximum Gasteiger partial charge on any atom is 0.217 e. The topological polar surface area (TPSA) is 46.7 Å². The Kier molecular flexibility index (Phi) is 5.59. The summed E-state index contributed by atoms with van der Waals surface area (Å²) >= 11 is 3.43. The average molecular weight is 352 g/mol. The monoisotopic (exact) mass is 351 g/mol. The summed E-state index contributed by atoms with van der Waals surface area (Å²) in [5.74, 6) is 1.85. The minimum absolute atomic E-state index is 0.0123. The van der Waals surface area contributed by atoms with Crippen molar-refractivity contribution in [3.8, 4) is 11.3 Å². The van der Waals surface area contributed by atoms with E-state index in [-0.39, 0.29) is 5.91 Å². The third kappa shape index (κ3) is 5.02. The van der Waals surface area contributed by atoms with Gasteiger partial charge in [0.2, 0.25) is 5.91 Å². The van der Waals surface area contributed by atoms with Crippen LogP contribution in [0.15, 0.2) is 45.3 Å². The van der Waals surface area contributed by atoms with Crippen molar-refractivity contribution in [2.45, 2.75) is 13.5 Å². The van der Waals surface area contributed by atoms with Gasteiger partial charge in [-0.1, -0.05) is 28.1 Å². The molecule has 0 aliphatic carbocycles. The van der Waals surface area contributed by atoms with Gasteiger partial charge in [0, 0.05) is 17.0 Å². The van der Waals surface area contributed by atoms with E-state index >= 15 is 0 Å². The Labute approximate surface area is 133 Å². The zero-order chi connectivity index (χ0) is 15.2. The first-order valence-electron chi connectivity index (χ1n) is 6.95. The van der Waals surface area contributed by atoms with Crippen LogP contribution >= 0.6 is 15.9 Å². The standard InChI is InChI=1S/C16H19BrN2O2/c1-12(20)18-9-10-19(2)11-15-7-8-16(21-15)13-3-5-14(17)6-4-13/h3-8H,9-11H2,1-2H3,(H,18,20)/p+1. The lowest BCUT2D eigenvalue weighted by Crippen LogP contribution is -3.08. The van der Waals surface area contributed by atoms with Crippen LogP contribution in [-0.2, 0) is 11.3 Å². The van der Waals surface area contributed by atoms with E-state index in [1.165, 1.54) is 11.8 Å². The van der Waals surface area contributed by atoms with Gasteiger partial charge in [0.25, 0.3) is 0 Å². The predicted molar refractivity (Wildman–Crippen MR) is 86.0 cm³/mol. The Morgan fingerprint density at radius 2 is 1.95 bits per heavy atom. The number of nitrogens with one attached hydrogen (secondary N) is 2. The second-order valence-electron chi connectivity index (χ2n) is 5.14. The molecule has 112 valence electrons. The highest BCUT2D eigenvalue weighted by molar-refractivity contribution is 9.10. The molecular weight excluding hydrogens is 332 g/mol. The Hall–Kier alpha value is -1.59. The largest absolute Gasteiger partial charge is 0.455 e. The molecule has 1 amide bonds. The molecule has 0 saturated carbocycles. The van der Waals surface area contributed by atoms with E-state index in [1.54, 1.807) is 0 Å². The second kappa shape index (κ2) is 7.43. The van der Waals surface area contributed by atoms with Crippen molar-refractivity contribution >= 4 is 21.8 Å². The van der Waals surface area contributed by atoms with Crippen LogP contribution in [0.5, 0.6) is 0 Å². The van der Waals surface area contributed by atoms with Crippen molar-refractivity contribution in [1.29, 1.82) is 0 Å². The van der Waals surface area contributed by atoms with Crippen LogP contribution in [-0.4, -0.2) is 26.0 Å². The van der Waals surface area contributed by atoms with E-state index in [9.17, 15) is 4.79 Å². The van der Waals surface area contributed by atoms with Crippen molar-refractivity contribution in [2.24, 2.45) is 0 Å². The molecule has 2 N–H and O–H groups in total. The molecule has 0 aliphatic rings. The van der Waals surface area contributed by atoms with Crippen LogP contribution in [0, 0.1) is 0 Å². The van der Waals surface area contributed by atoms with Gasteiger partial charge < -0.3 is 14.6 Å². The molecule has 0 radical (unpaired) electrons. The first-order chi connectivity index (χ1) is 10.0. The van der Waals surface area contributed by atoms with Crippen molar-refractivity contribution in [3.05, 3.63) is 46.6 Å². The Morgan fingerprint density at radius 3 is 2.62 bits per heavy atom. The average Bonchev–Trinajstić information content (AvgIpc) is 2.87. The van der Waals surface area contributed by atoms with Gasteiger partial charge in [0.15, 0.2) is 5.76 Å². The number of carbonyl (C=O) groups excluding carboxylic acids is 1. The molecule has 0 spiro atoms. The molecule has 0 aliphatic heterocycles.